The molecule has 0 bridgehead atoms. The molecule has 0 spiro atoms. The maximum Gasteiger partial charge on any atom is 0.421 e. The molecule has 0 radical (unpaired) electrons. The normalized spacial score (nSPS) is 15.9. The fourth-order valence-electron chi connectivity index (χ4n) is 2.78. The van der Waals surface area contributed by atoms with Crippen LogP contribution in [-0.2, 0) is 23.9 Å². The largest absolute Gasteiger partial charge is 0.421 e. The van der Waals surface area contributed by atoms with Crippen LogP contribution in [-0.4, -0.2) is 48.2 Å². The summed E-state index contributed by atoms with van der Waals surface area (Å²) >= 11 is 0. The third kappa shape index (κ3) is 3.96. The molecule has 8 nitrogen and oxygen atoms in total. The van der Waals surface area contributed by atoms with Gasteiger partial charge >= 0.3 is 23.6 Å². The Morgan fingerprint density at radius 2 is 1.77 bits per heavy atom. The van der Waals surface area contributed by atoms with Crippen LogP contribution in [0.4, 0.5) is 11.4 Å². The Labute approximate surface area is 152 Å². The van der Waals surface area contributed by atoms with Gasteiger partial charge in [-0.05, 0) is 36.7 Å². The number of carbonyl (C=O) groups is 3. The van der Waals surface area contributed by atoms with Gasteiger partial charge in [0.15, 0.2) is 0 Å². The maximum absolute atomic E-state index is 12.8. The highest BCUT2D eigenvalue weighted by atomic mass is 16.8. The third-order valence-electron chi connectivity index (χ3n) is 4.32. The van der Waals surface area contributed by atoms with Gasteiger partial charge in [-0.1, -0.05) is 33.8 Å². The molecule has 0 atom stereocenters. The number of likely N-dealkylation sites (N-methyl/N-ethyl adjacent to an activating group) is 1. The molecule has 0 aliphatic carbocycles. The van der Waals surface area contributed by atoms with Crippen molar-refractivity contribution in [3.05, 3.63) is 23.8 Å². The minimum Gasteiger partial charge on any atom is -0.403 e. The predicted molar refractivity (Wildman–Crippen MR) is 96.3 cm³/mol. The topological polar surface area (TPSA) is 111 Å². The summed E-state index contributed by atoms with van der Waals surface area (Å²) in [5.41, 5.74) is 7.94. The molecule has 3 N–H and O–H groups in total. The first-order valence-electron chi connectivity index (χ1n) is 8.62. The number of esters is 2. The highest BCUT2D eigenvalue weighted by molar-refractivity contribution is 6.32. The van der Waals surface area contributed by atoms with Crippen molar-refractivity contribution in [3.8, 4) is 0 Å². The summed E-state index contributed by atoms with van der Waals surface area (Å²) in [6.07, 6.45) is 0. The van der Waals surface area contributed by atoms with Crippen molar-refractivity contribution in [2.24, 2.45) is 0 Å². The number of hydrogen-bond acceptors (Lipinski definition) is 7. The van der Waals surface area contributed by atoms with Gasteiger partial charge in [-0.25, -0.2) is 9.59 Å². The van der Waals surface area contributed by atoms with Gasteiger partial charge < -0.3 is 20.5 Å². The van der Waals surface area contributed by atoms with Gasteiger partial charge in [-0.15, -0.1) is 0 Å². The Kier molecular flexibility index (Phi) is 5.86. The van der Waals surface area contributed by atoms with Gasteiger partial charge in [0.2, 0.25) is 0 Å². The predicted octanol–water partition coefficient (Wildman–Crippen LogP) is 1.47. The van der Waals surface area contributed by atoms with Crippen molar-refractivity contribution < 1.29 is 23.9 Å². The zero-order chi connectivity index (χ0) is 19.5. The van der Waals surface area contributed by atoms with Crippen molar-refractivity contribution in [2.45, 2.75) is 39.4 Å². The van der Waals surface area contributed by atoms with Crippen molar-refractivity contribution in [3.63, 3.8) is 0 Å². The summed E-state index contributed by atoms with van der Waals surface area (Å²) in [4.78, 5) is 37.7. The molecule has 0 aromatic heterocycles. The van der Waals surface area contributed by atoms with E-state index in [4.69, 9.17) is 15.2 Å². The monoisotopic (exact) mass is 363 g/mol. The van der Waals surface area contributed by atoms with E-state index >= 15 is 0 Å². The lowest BCUT2D eigenvalue weighted by Gasteiger charge is -2.29. The fraction of sp³-hybridized carbons (Fsp3) is 0.500. The summed E-state index contributed by atoms with van der Waals surface area (Å²) < 4.78 is 10.1. The SMILES string of the molecule is CCN(CC)CC1(C(=O)Nc2ccc(C(C)C)c(N)c2)OC(=O)C(=O)O1. The Hall–Kier alpha value is -2.61. The molecule has 26 heavy (non-hydrogen) atoms. The second kappa shape index (κ2) is 7.74. The van der Waals surface area contributed by atoms with Crippen molar-refractivity contribution in [2.75, 3.05) is 30.7 Å². The van der Waals surface area contributed by atoms with Crippen LogP contribution in [0.25, 0.3) is 0 Å². The average Bonchev–Trinajstić information content (AvgIpc) is 2.87. The lowest BCUT2D eigenvalue weighted by molar-refractivity contribution is -0.190. The molecule has 1 aliphatic rings. The number of amides is 1. The molecule has 1 heterocycles. The van der Waals surface area contributed by atoms with E-state index in [1.54, 1.807) is 12.1 Å². The minimum atomic E-state index is -2.01. The Bertz CT molecular complexity index is 697. The standard InChI is InChI=1S/C18H25N3O5/c1-5-21(6-2)10-18(25-15(22)16(23)26-18)17(24)20-12-7-8-13(11(3)4)14(19)9-12/h7-9,11H,5-6,10,19H2,1-4H3,(H,20,24). The molecular formula is C18H25N3O5. The Morgan fingerprint density at radius 3 is 2.23 bits per heavy atom. The number of carbonyl (C=O) groups excluding carboxylic acids is 3. The first kappa shape index (κ1) is 19.7. The fourth-order valence-corrected chi connectivity index (χ4v) is 2.78. The van der Waals surface area contributed by atoms with Gasteiger partial charge in [-0.3, -0.25) is 9.69 Å². The van der Waals surface area contributed by atoms with E-state index in [2.05, 4.69) is 5.32 Å². The van der Waals surface area contributed by atoms with E-state index in [-0.39, 0.29) is 12.5 Å². The molecule has 8 heteroatoms. The Balaban J connectivity index is 2.26. The zero-order valence-corrected chi connectivity index (χ0v) is 15.5. The summed E-state index contributed by atoms with van der Waals surface area (Å²) in [6, 6.07) is 5.14. The van der Waals surface area contributed by atoms with Crippen LogP contribution in [0.3, 0.4) is 0 Å². The number of hydrogen-bond donors (Lipinski definition) is 2. The van der Waals surface area contributed by atoms with Crippen molar-refractivity contribution in [1.82, 2.24) is 4.90 Å². The van der Waals surface area contributed by atoms with Crippen LogP contribution in [0, 0.1) is 0 Å². The number of nitrogens with zero attached hydrogens (tertiary/aromatic N) is 1. The number of rotatable bonds is 7. The smallest absolute Gasteiger partial charge is 0.403 e. The van der Waals surface area contributed by atoms with Gasteiger partial charge in [0.05, 0.1) is 6.54 Å². The van der Waals surface area contributed by atoms with Gasteiger partial charge in [-0.2, -0.15) is 0 Å². The number of nitrogen functional groups attached to an aromatic ring is 1. The van der Waals surface area contributed by atoms with E-state index in [0.717, 1.165) is 5.56 Å². The summed E-state index contributed by atoms with van der Waals surface area (Å²) in [7, 11) is 0. The zero-order valence-electron chi connectivity index (χ0n) is 15.5. The molecule has 1 aliphatic heterocycles. The number of benzene rings is 1. The van der Waals surface area contributed by atoms with Crippen LogP contribution >= 0.6 is 0 Å². The minimum absolute atomic E-state index is 0.0527. The molecule has 2 rings (SSSR count). The highest BCUT2D eigenvalue weighted by Crippen LogP contribution is 2.28. The molecule has 0 saturated carbocycles. The van der Waals surface area contributed by atoms with E-state index in [1.165, 1.54) is 0 Å². The lowest BCUT2D eigenvalue weighted by Crippen LogP contribution is -2.53. The molecule has 142 valence electrons. The average molecular weight is 363 g/mol. The number of anilines is 2. The highest BCUT2D eigenvalue weighted by Gasteiger charge is 2.55. The molecule has 1 saturated heterocycles. The van der Waals surface area contributed by atoms with Gasteiger partial charge in [0, 0.05) is 11.4 Å². The summed E-state index contributed by atoms with van der Waals surface area (Å²) in [6.45, 7) is 8.94. The number of nitrogens with two attached hydrogens (primary N) is 1. The lowest BCUT2D eigenvalue weighted by atomic mass is 10.0. The van der Waals surface area contributed by atoms with Crippen LogP contribution in [0.5, 0.6) is 0 Å². The molecular weight excluding hydrogens is 338 g/mol. The van der Waals surface area contributed by atoms with E-state index in [0.29, 0.717) is 24.5 Å². The van der Waals surface area contributed by atoms with E-state index in [1.807, 2.05) is 38.7 Å². The number of ether oxygens (including phenoxy) is 2. The molecule has 1 fully saturated rings. The van der Waals surface area contributed by atoms with Gasteiger partial charge in [0.1, 0.15) is 0 Å². The maximum atomic E-state index is 12.8. The molecule has 1 aromatic rings. The van der Waals surface area contributed by atoms with Crippen molar-refractivity contribution in [1.29, 1.82) is 0 Å². The van der Waals surface area contributed by atoms with Crippen molar-refractivity contribution >= 4 is 29.2 Å². The number of cyclic esters (lactones) is 2. The quantitative estimate of drug-likeness (QED) is 0.429. The first-order chi connectivity index (χ1) is 12.2. The van der Waals surface area contributed by atoms with Crippen LogP contribution in [0.1, 0.15) is 39.2 Å². The summed E-state index contributed by atoms with van der Waals surface area (Å²) in [5.74, 6) is -4.86. The first-order valence-corrected chi connectivity index (χ1v) is 8.62. The molecule has 1 aromatic carbocycles. The molecule has 1 amide bonds. The Morgan fingerprint density at radius 1 is 1.19 bits per heavy atom. The summed E-state index contributed by atoms with van der Waals surface area (Å²) in [5, 5.41) is 2.63. The van der Waals surface area contributed by atoms with Crippen LogP contribution in [0.15, 0.2) is 18.2 Å². The second-order valence-electron chi connectivity index (χ2n) is 6.45. The van der Waals surface area contributed by atoms with E-state index < -0.39 is 23.6 Å². The third-order valence-corrected chi connectivity index (χ3v) is 4.32. The van der Waals surface area contributed by atoms with Crippen LogP contribution in [0.2, 0.25) is 0 Å². The van der Waals surface area contributed by atoms with E-state index in [9.17, 15) is 14.4 Å². The number of nitrogens with one attached hydrogen (secondary N) is 1. The van der Waals surface area contributed by atoms with Gasteiger partial charge in [0.25, 0.3) is 0 Å². The van der Waals surface area contributed by atoms with Crippen LogP contribution < -0.4 is 11.1 Å². The second-order valence-corrected chi connectivity index (χ2v) is 6.45. The molecule has 0 unspecified atom stereocenters.